The van der Waals surface area contributed by atoms with Crippen molar-refractivity contribution in [3.8, 4) is 0 Å². The van der Waals surface area contributed by atoms with Gasteiger partial charge in [-0.05, 0) is 20.5 Å². The van der Waals surface area contributed by atoms with Crippen LogP contribution < -0.4 is 0 Å². The molecule has 0 bridgehead atoms. The third-order valence-electron chi connectivity index (χ3n) is 2.08. The molecule has 5 heteroatoms. The molecule has 1 amide bonds. The fourth-order valence-electron chi connectivity index (χ4n) is 1.17. The van der Waals surface area contributed by atoms with Crippen molar-refractivity contribution in [1.82, 2.24) is 9.80 Å². The Bertz CT molecular complexity index is 217. The maximum Gasteiger partial charge on any atom is 0.303 e. The van der Waals surface area contributed by atoms with E-state index in [0.717, 1.165) is 6.54 Å². The van der Waals surface area contributed by atoms with Gasteiger partial charge in [-0.2, -0.15) is 0 Å². The number of amides is 1. The number of carboxylic acid groups (broad SMARTS) is 1. The summed E-state index contributed by atoms with van der Waals surface area (Å²) in [5, 5.41) is 8.47. The molecule has 0 heterocycles. The van der Waals surface area contributed by atoms with E-state index >= 15 is 0 Å². The summed E-state index contributed by atoms with van der Waals surface area (Å²) in [6, 6.07) is 0. The largest absolute Gasteiger partial charge is 0.481 e. The number of carboxylic acids is 1. The molecule has 5 nitrogen and oxygen atoms in total. The van der Waals surface area contributed by atoms with Crippen LogP contribution in [-0.2, 0) is 9.59 Å². The maximum absolute atomic E-state index is 11.2. The molecule has 0 atom stereocenters. The highest BCUT2D eigenvalue weighted by atomic mass is 16.4. The highest BCUT2D eigenvalue weighted by Gasteiger charge is 2.09. The Balaban J connectivity index is 3.83. The van der Waals surface area contributed by atoms with E-state index in [9.17, 15) is 9.59 Å². The molecule has 1 N–H and O–H groups in total. The molecule has 15 heavy (non-hydrogen) atoms. The lowest BCUT2D eigenvalue weighted by atomic mass is 10.3. The SMILES string of the molecule is CC(=O)N(CCCC(=O)O)CCN(C)C. The molecule has 0 aliphatic carbocycles. The van der Waals surface area contributed by atoms with Gasteiger partial charge in [0, 0.05) is 33.0 Å². The average Bonchev–Trinajstić information content (AvgIpc) is 2.09. The lowest BCUT2D eigenvalue weighted by molar-refractivity contribution is -0.138. The van der Waals surface area contributed by atoms with E-state index in [2.05, 4.69) is 0 Å². The quantitative estimate of drug-likeness (QED) is 0.663. The van der Waals surface area contributed by atoms with Crippen molar-refractivity contribution in [3.05, 3.63) is 0 Å². The van der Waals surface area contributed by atoms with E-state index in [0.29, 0.717) is 19.5 Å². The number of carbonyl (C=O) groups is 2. The molecule has 0 saturated heterocycles. The van der Waals surface area contributed by atoms with Gasteiger partial charge >= 0.3 is 5.97 Å². The first-order valence-corrected chi connectivity index (χ1v) is 5.05. The second kappa shape index (κ2) is 7.23. The van der Waals surface area contributed by atoms with Crippen LogP contribution in [0, 0.1) is 0 Å². The first kappa shape index (κ1) is 13.9. The van der Waals surface area contributed by atoms with Crippen LogP contribution >= 0.6 is 0 Å². The monoisotopic (exact) mass is 216 g/mol. The highest BCUT2D eigenvalue weighted by Crippen LogP contribution is 1.96. The van der Waals surface area contributed by atoms with Crippen molar-refractivity contribution in [2.45, 2.75) is 19.8 Å². The maximum atomic E-state index is 11.2. The van der Waals surface area contributed by atoms with Gasteiger partial charge in [0.25, 0.3) is 0 Å². The molecule has 88 valence electrons. The molecular weight excluding hydrogens is 196 g/mol. The number of hydrogen-bond acceptors (Lipinski definition) is 3. The zero-order valence-electron chi connectivity index (χ0n) is 9.69. The van der Waals surface area contributed by atoms with Crippen molar-refractivity contribution in [3.63, 3.8) is 0 Å². The van der Waals surface area contributed by atoms with Gasteiger partial charge in [0.2, 0.25) is 5.91 Å². The van der Waals surface area contributed by atoms with Crippen LogP contribution in [0.4, 0.5) is 0 Å². The second-order valence-electron chi connectivity index (χ2n) is 3.81. The summed E-state index contributed by atoms with van der Waals surface area (Å²) in [7, 11) is 3.88. The van der Waals surface area contributed by atoms with Gasteiger partial charge in [-0.3, -0.25) is 9.59 Å². The topological polar surface area (TPSA) is 60.9 Å². The van der Waals surface area contributed by atoms with Crippen molar-refractivity contribution in [2.75, 3.05) is 33.7 Å². The zero-order chi connectivity index (χ0) is 11.8. The fraction of sp³-hybridized carbons (Fsp3) is 0.800. The van der Waals surface area contributed by atoms with E-state index in [1.807, 2.05) is 19.0 Å². The molecular formula is C10H20N2O3. The van der Waals surface area contributed by atoms with Gasteiger partial charge < -0.3 is 14.9 Å². The summed E-state index contributed by atoms with van der Waals surface area (Å²) in [5.41, 5.74) is 0. The van der Waals surface area contributed by atoms with Crippen LogP contribution in [0.2, 0.25) is 0 Å². The number of likely N-dealkylation sites (N-methyl/N-ethyl adjacent to an activating group) is 1. The fourth-order valence-corrected chi connectivity index (χ4v) is 1.17. The van der Waals surface area contributed by atoms with Crippen molar-refractivity contribution < 1.29 is 14.7 Å². The van der Waals surface area contributed by atoms with Crippen molar-refractivity contribution >= 4 is 11.9 Å². The third-order valence-corrected chi connectivity index (χ3v) is 2.08. The number of aliphatic carboxylic acids is 1. The predicted molar refractivity (Wildman–Crippen MR) is 57.7 cm³/mol. The van der Waals surface area contributed by atoms with Gasteiger partial charge in [0.1, 0.15) is 0 Å². The van der Waals surface area contributed by atoms with E-state index in [-0.39, 0.29) is 12.3 Å². The first-order chi connectivity index (χ1) is 6.93. The summed E-state index contributed by atoms with van der Waals surface area (Å²) in [6.45, 7) is 3.49. The van der Waals surface area contributed by atoms with Gasteiger partial charge in [0.15, 0.2) is 0 Å². The van der Waals surface area contributed by atoms with E-state index < -0.39 is 5.97 Å². The van der Waals surface area contributed by atoms with Crippen LogP contribution in [-0.4, -0.2) is 60.5 Å². The van der Waals surface area contributed by atoms with Gasteiger partial charge in [-0.15, -0.1) is 0 Å². The van der Waals surface area contributed by atoms with E-state index in [4.69, 9.17) is 5.11 Å². The van der Waals surface area contributed by atoms with Gasteiger partial charge in [-0.25, -0.2) is 0 Å². The summed E-state index contributed by atoms with van der Waals surface area (Å²) < 4.78 is 0. The molecule has 0 unspecified atom stereocenters. The molecule has 0 radical (unpaired) electrons. The van der Waals surface area contributed by atoms with Crippen LogP contribution in [0.1, 0.15) is 19.8 Å². The van der Waals surface area contributed by atoms with Gasteiger partial charge in [-0.1, -0.05) is 0 Å². The Kier molecular flexibility index (Phi) is 6.70. The lowest BCUT2D eigenvalue weighted by Gasteiger charge is -2.22. The number of hydrogen-bond donors (Lipinski definition) is 1. The normalized spacial score (nSPS) is 10.4. The third kappa shape index (κ3) is 7.93. The summed E-state index contributed by atoms with van der Waals surface area (Å²) in [5.74, 6) is -0.812. The molecule has 0 aliphatic rings. The standard InChI is InChI=1S/C10H20N2O3/c1-9(13)12(8-7-11(2)3)6-4-5-10(14)15/h4-8H2,1-3H3,(H,14,15). The van der Waals surface area contributed by atoms with Crippen LogP contribution in [0.5, 0.6) is 0 Å². The Morgan fingerprint density at radius 2 is 1.73 bits per heavy atom. The highest BCUT2D eigenvalue weighted by molar-refractivity contribution is 5.73. The molecule has 0 saturated carbocycles. The van der Waals surface area contributed by atoms with Gasteiger partial charge in [0.05, 0.1) is 0 Å². The van der Waals surface area contributed by atoms with E-state index in [1.165, 1.54) is 6.92 Å². The lowest BCUT2D eigenvalue weighted by Crippen LogP contribution is -2.36. The molecule has 0 aromatic heterocycles. The Hall–Kier alpha value is -1.10. The number of rotatable bonds is 7. The molecule has 0 rings (SSSR count). The van der Waals surface area contributed by atoms with Crippen LogP contribution in [0.15, 0.2) is 0 Å². The van der Waals surface area contributed by atoms with Crippen molar-refractivity contribution in [2.24, 2.45) is 0 Å². The number of carbonyl (C=O) groups excluding carboxylic acids is 1. The first-order valence-electron chi connectivity index (χ1n) is 5.05. The minimum Gasteiger partial charge on any atom is -0.481 e. The molecule has 0 aromatic rings. The minimum atomic E-state index is -0.814. The summed E-state index contributed by atoms with van der Waals surface area (Å²) in [4.78, 5) is 25.2. The van der Waals surface area contributed by atoms with E-state index in [1.54, 1.807) is 4.90 Å². The van der Waals surface area contributed by atoms with Crippen LogP contribution in [0.25, 0.3) is 0 Å². The smallest absolute Gasteiger partial charge is 0.303 e. The Morgan fingerprint density at radius 1 is 1.13 bits per heavy atom. The van der Waals surface area contributed by atoms with Crippen LogP contribution in [0.3, 0.4) is 0 Å². The Labute approximate surface area is 90.7 Å². The van der Waals surface area contributed by atoms with Crippen molar-refractivity contribution in [1.29, 1.82) is 0 Å². The number of nitrogens with zero attached hydrogens (tertiary/aromatic N) is 2. The average molecular weight is 216 g/mol. The Morgan fingerprint density at radius 3 is 2.13 bits per heavy atom. The molecule has 0 aromatic carbocycles. The molecule has 0 spiro atoms. The molecule has 0 fully saturated rings. The second-order valence-corrected chi connectivity index (χ2v) is 3.81. The minimum absolute atomic E-state index is 0.00207. The summed E-state index contributed by atoms with van der Waals surface area (Å²) in [6.07, 6.45) is 0.633. The summed E-state index contributed by atoms with van der Waals surface area (Å²) >= 11 is 0. The zero-order valence-corrected chi connectivity index (χ0v) is 9.69. The molecule has 0 aliphatic heterocycles. The predicted octanol–water partition coefficient (Wildman–Crippen LogP) is 0.261.